The Labute approximate surface area is 186 Å². The topological polar surface area (TPSA) is 34.9 Å². The van der Waals surface area contributed by atoms with Gasteiger partial charge in [0.1, 0.15) is 4.83 Å². The maximum absolute atomic E-state index is 13.8. The van der Waals surface area contributed by atoms with E-state index < -0.39 is 0 Å². The minimum atomic E-state index is -0.0110. The van der Waals surface area contributed by atoms with Gasteiger partial charge in [0.05, 0.1) is 11.1 Å². The van der Waals surface area contributed by atoms with Crippen LogP contribution in [-0.4, -0.2) is 9.55 Å². The molecule has 0 fully saturated rings. The number of hydrogen-bond acceptors (Lipinski definition) is 5. The van der Waals surface area contributed by atoms with Crippen molar-refractivity contribution in [2.45, 2.75) is 17.8 Å². The van der Waals surface area contributed by atoms with E-state index in [4.69, 9.17) is 4.98 Å². The van der Waals surface area contributed by atoms with Crippen LogP contribution in [0.5, 0.6) is 0 Å². The predicted molar refractivity (Wildman–Crippen MR) is 129 cm³/mol. The quantitative estimate of drug-likeness (QED) is 0.221. The van der Waals surface area contributed by atoms with Gasteiger partial charge in [0.15, 0.2) is 5.16 Å². The molecule has 0 radical (unpaired) electrons. The van der Waals surface area contributed by atoms with Crippen LogP contribution in [0.15, 0.2) is 88.1 Å². The largest absolute Gasteiger partial charge is 0.268 e. The van der Waals surface area contributed by atoms with Crippen molar-refractivity contribution in [1.82, 2.24) is 9.55 Å². The average Bonchev–Trinajstić information content (AvgIpc) is 3.41. The monoisotopic (exact) mass is 446 g/mol. The fourth-order valence-electron chi connectivity index (χ4n) is 3.53. The zero-order valence-corrected chi connectivity index (χ0v) is 18.7. The summed E-state index contributed by atoms with van der Waals surface area (Å²) < 4.78 is 1.76. The van der Waals surface area contributed by atoms with E-state index in [0.29, 0.717) is 5.39 Å². The van der Waals surface area contributed by atoms with Crippen molar-refractivity contribution in [3.05, 3.63) is 98.3 Å². The number of thioether (sulfide) groups is 1. The number of para-hydroxylation sites is 1. The van der Waals surface area contributed by atoms with E-state index in [-0.39, 0.29) is 5.56 Å². The molecular weight excluding hydrogens is 428 g/mol. The van der Waals surface area contributed by atoms with Crippen molar-refractivity contribution in [2.75, 3.05) is 0 Å². The van der Waals surface area contributed by atoms with Crippen molar-refractivity contribution < 1.29 is 0 Å². The molecule has 6 heteroatoms. The van der Waals surface area contributed by atoms with Gasteiger partial charge < -0.3 is 0 Å². The summed E-state index contributed by atoms with van der Waals surface area (Å²) in [5.74, 6) is 0.790. The van der Waals surface area contributed by atoms with E-state index in [9.17, 15) is 4.79 Å². The summed E-state index contributed by atoms with van der Waals surface area (Å²) in [6, 6.07) is 24.1. The van der Waals surface area contributed by atoms with E-state index in [0.717, 1.165) is 37.4 Å². The second kappa shape index (κ2) is 8.22. The number of benzene rings is 2. The van der Waals surface area contributed by atoms with Gasteiger partial charge in [-0.05, 0) is 36.1 Å². The van der Waals surface area contributed by atoms with Gasteiger partial charge in [-0.3, -0.25) is 9.36 Å². The highest BCUT2D eigenvalue weighted by molar-refractivity contribution is 7.98. The SMILES string of the molecule is Cc1sc2nc(SCc3cccs3)n(-c3ccccc3)c(=O)c2c1-c1ccccc1. The first-order chi connectivity index (χ1) is 14.7. The van der Waals surface area contributed by atoms with Crippen LogP contribution < -0.4 is 5.56 Å². The molecule has 3 nitrogen and oxygen atoms in total. The summed E-state index contributed by atoms with van der Waals surface area (Å²) in [6.07, 6.45) is 0. The molecule has 5 rings (SSSR count). The smallest absolute Gasteiger partial charge is 0.268 e. The Morgan fingerprint density at radius 3 is 2.40 bits per heavy atom. The van der Waals surface area contributed by atoms with Crippen molar-refractivity contribution in [3.8, 4) is 16.8 Å². The highest BCUT2D eigenvalue weighted by atomic mass is 32.2. The zero-order chi connectivity index (χ0) is 20.5. The van der Waals surface area contributed by atoms with Crippen LogP contribution >= 0.6 is 34.4 Å². The number of aromatic nitrogens is 2. The third kappa shape index (κ3) is 3.51. The van der Waals surface area contributed by atoms with Gasteiger partial charge in [-0.1, -0.05) is 66.4 Å². The molecular formula is C24H18N2OS3. The number of thiophene rings is 2. The van der Waals surface area contributed by atoms with Gasteiger partial charge in [-0.2, -0.15) is 0 Å². The summed E-state index contributed by atoms with van der Waals surface area (Å²) in [5, 5.41) is 3.51. The molecule has 0 saturated carbocycles. The van der Waals surface area contributed by atoms with E-state index in [1.165, 1.54) is 4.88 Å². The van der Waals surface area contributed by atoms with Crippen LogP contribution in [-0.2, 0) is 5.75 Å². The lowest BCUT2D eigenvalue weighted by molar-refractivity contribution is 0.823. The lowest BCUT2D eigenvalue weighted by Crippen LogP contribution is -2.21. The third-order valence-electron chi connectivity index (χ3n) is 4.87. The van der Waals surface area contributed by atoms with E-state index in [1.807, 2.05) is 48.5 Å². The Morgan fingerprint density at radius 2 is 1.70 bits per heavy atom. The van der Waals surface area contributed by atoms with Crippen LogP contribution in [0.4, 0.5) is 0 Å². The molecule has 0 bridgehead atoms. The first-order valence-electron chi connectivity index (χ1n) is 9.54. The molecule has 0 aliphatic heterocycles. The molecule has 3 aromatic heterocycles. The fourth-order valence-corrected chi connectivity index (χ4v) is 6.40. The van der Waals surface area contributed by atoms with E-state index >= 15 is 0 Å². The molecule has 0 unspecified atom stereocenters. The fraction of sp³-hybridized carbons (Fsp3) is 0.0833. The molecule has 0 aliphatic carbocycles. The van der Waals surface area contributed by atoms with Gasteiger partial charge >= 0.3 is 0 Å². The van der Waals surface area contributed by atoms with Crippen LogP contribution in [0.1, 0.15) is 9.75 Å². The summed E-state index contributed by atoms with van der Waals surface area (Å²) in [6.45, 7) is 2.07. The highest BCUT2D eigenvalue weighted by Gasteiger charge is 2.20. The van der Waals surface area contributed by atoms with Crippen LogP contribution in [0.2, 0.25) is 0 Å². The second-order valence-corrected chi connectivity index (χ2v) is 10.00. The normalized spacial score (nSPS) is 11.2. The van der Waals surface area contributed by atoms with Crippen molar-refractivity contribution in [1.29, 1.82) is 0 Å². The number of fused-ring (bicyclic) bond motifs is 1. The molecule has 30 heavy (non-hydrogen) atoms. The number of nitrogens with zero attached hydrogens (tertiary/aromatic N) is 2. The lowest BCUT2D eigenvalue weighted by atomic mass is 10.0. The molecule has 0 atom stereocenters. The summed E-state index contributed by atoms with van der Waals surface area (Å²) in [5.41, 5.74) is 2.88. The molecule has 2 aromatic carbocycles. The van der Waals surface area contributed by atoms with Gasteiger partial charge in [0, 0.05) is 21.1 Å². The lowest BCUT2D eigenvalue weighted by Gasteiger charge is -2.12. The summed E-state index contributed by atoms with van der Waals surface area (Å²) in [7, 11) is 0. The first-order valence-corrected chi connectivity index (χ1v) is 12.2. The minimum absolute atomic E-state index is 0.0110. The maximum Gasteiger partial charge on any atom is 0.268 e. The molecule has 0 saturated heterocycles. The highest BCUT2D eigenvalue weighted by Crippen LogP contribution is 2.37. The van der Waals surface area contributed by atoms with Gasteiger partial charge in [0.2, 0.25) is 0 Å². The summed E-state index contributed by atoms with van der Waals surface area (Å²) >= 11 is 4.92. The van der Waals surface area contributed by atoms with Crippen molar-refractivity contribution in [2.24, 2.45) is 0 Å². The second-order valence-electron chi connectivity index (χ2n) is 6.82. The van der Waals surface area contributed by atoms with Crippen molar-refractivity contribution >= 4 is 44.7 Å². The minimum Gasteiger partial charge on any atom is -0.268 e. The Kier molecular flexibility index (Phi) is 5.29. The predicted octanol–water partition coefficient (Wildman–Crippen LogP) is 6.78. The first kappa shape index (κ1) is 19.3. The number of hydrogen-bond donors (Lipinski definition) is 0. The van der Waals surface area contributed by atoms with Crippen LogP contribution in [0, 0.1) is 6.92 Å². The van der Waals surface area contributed by atoms with Crippen molar-refractivity contribution in [3.63, 3.8) is 0 Å². The van der Waals surface area contributed by atoms with Gasteiger partial charge in [-0.25, -0.2) is 4.98 Å². The Hall–Kier alpha value is -2.67. The molecule has 0 spiro atoms. The Morgan fingerprint density at radius 1 is 0.967 bits per heavy atom. The molecule has 3 heterocycles. The molecule has 5 aromatic rings. The number of aryl methyl sites for hydroxylation is 1. The van der Waals surface area contributed by atoms with E-state index in [2.05, 4.69) is 36.6 Å². The Balaban J connectivity index is 1.75. The van der Waals surface area contributed by atoms with Gasteiger partial charge in [0.25, 0.3) is 5.56 Å². The molecule has 148 valence electrons. The standard InChI is InChI=1S/C24H18N2OS3/c1-16-20(17-9-4-2-5-10-17)21-22(30-16)25-24(29-15-19-13-8-14-28-19)26(23(21)27)18-11-6-3-7-12-18/h2-14H,15H2,1H3. The van der Waals surface area contributed by atoms with Gasteiger partial charge in [-0.15, -0.1) is 22.7 Å². The van der Waals surface area contributed by atoms with Crippen LogP contribution in [0.25, 0.3) is 27.0 Å². The third-order valence-corrected chi connectivity index (χ3v) is 7.92. The summed E-state index contributed by atoms with van der Waals surface area (Å²) in [4.78, 5) is 22.0. The van der Waals surface area contributed by atoms with E-state index in [1.54, 1.807) is 39.0 Å². The zero-order valence-electron chi connectivity index (χ0n) is 16.2. The van der Waals surface area contributed by atoms with Crippen LogP contribution in [0.3, 0.4) is 0 Å². The molecule has 0 N–H and O–H groups in total. The number of rotatable bonds is 5. The Bertz CT molecular complexity index is 1350. The average molecular weight is 447 g/mol. The molecule has 0 aliphatic rings. The molecule has 0 amide bonds. The maximum atomic E-state index is 13.8.